The fraction of sp³-hybridized carbons (Fsp3) is 0.214. The van der Waals surface area contributed by atoms with Gasteiger partial charge in [0, 0.05) is 11.1 Å². The van der Waals surface area contributed by atoms with Gasteiger partial charge in [-0.1, -0.05) is 18.2 Å². The SMILES string of the molecule is CC(C)Oc1ccccc1-c1ccc(N)nc1N. The normalized spacial score (nSPS) is 10.6. The van der Waals surface area contributed by atoms with Gasteiger partial charge in [-0.2, -0.15) is 0 Å². The molecule has 0 unspecified atom stereocenters. The maximum atomic E-state index is 5.91. The standard InChI is InChI=1S/C14H17N3O/c1-9(2)18-12-6-4-3-5-10(12)11-7-8-13(15)17-14(11)16/h3-9H,1-2H3,(H4,15,16,17). The van der Waals surface area contributed by atoms with Crippen molar-refractivity contribution in [3.8, 4) is 16.9 Å². The molecule has 1 aromatic heterocycles. The van der Waals surface area contributed by atoms with Crippen LogP contribution in [0.2, 0.25) is 0 Å². The lowest BCUT2D eigenvalue weighted by molar-refractivity contribution is 0.243. The van der Waals surface area contributed by atoms with Gasteiger partial charge < -0.3 is 16.2 Å². The highest BCUT2D eigenvalue weighted by atomic mass is 16.5. The Labute approximate surface area is 107 Å². The molecule has 0 bridgehead atoms. The number of benzene rings is 1. The van der Waals surface area contributed by atoms with E-state index in [0.717, 1.165) is 16.9 Å². The van der Waals surface area contributed by atoms with Crippen molar-refractivity contribution in [1.29, 1.82) is 0 Å². The average molecular weight is 243 g/mol. The minimum Gasteiger partial charge on any atom is -0.490 e. The molecule has 4 heteroatoms. The lowest BCUT2D eigenvalue weighted by atomic mass is 10.1. The lowest BCUT2D eigenvalue weighted by Gasteiger charge is -2.15. The third kappa shape index (κ3) is 2.53. The van der Waals surface area contributed by atoms with E-state index in [2.05, 4.69) is 4.98 Å². The molecule has 2 aromatic rings. The van der Waals surface area contributed by atoms with E-state index >= 15 is 0 Å². The number of aromatic nitrogens is 1. The topological polar surface area (TPSA) is 74.2 Å². The number of rotatable bonds is 3. The summed E-state index contributed by atoms with van der Waals surface area (Å²) in [6.45, 7) is 3.97. The van der Waals surface area contributed by atoms with Crippen LogP contribution in [0.15, 0.2) is 36.4 Å². The highest BCUT2D eigenvalue weighted by Gasteiger charge is 2.10. The van der Waals surface area contributed by atoms with E-state index in [1.165, 1.54) is 0 Å². The Morgan fingerprint density at radius 3 is 2.39 bits per heavy atom. The summed E-state index contributed by atoms with van der Waals surface area (Å²) in [6.07, 6.45) is 0.106. The second-order valence-electron chi connectivity index (χ2n) is 4.33. The van der Waals surface area contributed by atoms with Crippen LogP contribution in [0.25, 0.3) is 11.1 Å². The molecule has 18 heavy (non-hydrogen) atoms. The Balaban J connectivity index is 2.49. The van der Waals surface area contributed by atoms with Gasteiger partial charge in [-0.25, -0.2) is 4.98 Å². The maximum absolute atomic E-state index is 5.91. The van der Waals surface area contributed by atoms with E-state index in [-0.39, 0.29) is 6.10 Å². The quantitative estimate of drug-likeness (QED) is 0.869. The smallest absolute Gasteiger partial charge is 0.133 e. The van der Waals surface area contributed by atoms with Crippen molar-refractivity contribution in [3.63, 3.8) is 0 Å². The molecule has 0 aliphatic heterocycles. The van der Waals surface area contributed by atoms with Gasteiger partial charge in [-0.05, 0) is 32.0 Å². The van der Waals surface area contributed by atoms with E-state index in [4.69, 9.17) is 16.2 Å². The van der Waals surface area contributed by atoms with Gasteiger partial charge in [0.05, 0.1) is 6.10 Å². The van der Waals surface area contributed by atoms with Crippen LogP contribution in [0.5, 0.6) is 5.75 Å². The maximum Gasteiger partial charge on any atom is 0.133 e. The second kappa shape index (κ2) is 4.96. The van der Waals surface area contributed by atoms with Crippen molar-refractivity contribution in [2.24, 2.45) is 0 Å². The Kier molecular flexibility index (Phi) is 3.37. The number of para-hydroxylation sites is 1. The van der Waals surface area contributed by atoms with E-state index in [1.54, 1.807) is 6.07 Å². The van der Waals surface area contributed by atoms with Crippen LogP contribution in [-0.4, -0.2) is 11.1 Å². The molecule has 0 atom stereocenters. The van der Waals surface area contributed by atoms with Gasteiger partial charge in [0.25, 0.3) is 0 Å². The summed E-state index contributed by atoms with van der Waals surface area (Å²) in [4.78, 5) is 4.07. The van der Waals surface area contributed by atoms with Gasteiger partial charge in [-0.15, -0.1) is 0 Å². The number of anilines is 2. The molecular weight excluding hydrogens is 226 g/mol. The van der Waals surface area contributed by atoms with Gasteiger partial charge >= 0.3 is 0 Å². The first-order valence-electron chi connectivity index (χ1n) is 5.86. The first-order chi connectivity index (χ1) is 8.58. The Hall–Kier alpha value is -2.23. The number of nitrogens with zero attached hydrogens (tertiary/aromatic N) is 1. The molecule has 0 saturated heterocycles. The molecule has 2 rings (SSSR count). The summed E-state index contributed by atoms with van der Waals surface area (Å²) in [5.41, 5.74) is 13.3. The fourth-order valence-corrected chi connectivity index (χ4v) is 1.76. The lowest BCUT2D eigenvalue weighted by Crippen LogP contribution is -2.07. The summed E-state index contributed by atoms with van der Waals surface area (Å²) < 4.78 is 5.77. The molecule has 0 saturated carbocycles. The largest absolute Gasteiger partial charge is 0.490 e. The number of hydrogen-bond acceptors (Lipinski definition) is 4. The highest BCUT2D eigenvalue weighted by molar-refractivity contribution is 5.79. The molecule has 0 aliphatic carbocycles. The van der Waals surface area contributed by atoms with Gasteiger partial charge in [-0.3, -0.25) is 0 Å². The predicted molar refractivity (Wildman–Crippen MR) is 74.3 cm³/mol. The first kappa shape index (κ1) is 12.2. The van der Waals surface area contributed by atoms with Crippen LogP contribution in [0.3, 0.4) is 0 Å². The summed E-state index contributed by atoms with van der Waals surface area (Å²) in [6, 6.07) is 11.4. The monoisotopic (exact) mass is 243 g/mol. The van der Waals surface area contributed by atoms with E-state index in [9.17, 15) is 0 Å². The van der Waals surface area contributed by atoms with Crippen molar-refractivity contribution >= 4 is 11.6 Å². The zero-order chi connectivity index (χ0) is 13.1. The van der Waals surface area contributed by atoms with Crippen LogP contribution in [-0.2, 0) is 0 Å². The minimum atomic E-state index is 0.106. The molecule has 0 aliphatic rings. The van der Waals surface area contributed by atoms with Crippen molar-refractivity contribution in [2.45, 2.75) is 20.0 Å². The number of hydrogen-bond donors (Lipinski definition) is 2. The van der Waals surface area contributed by atoms with Crippen LogP contribution < -0.4 is 16.2 Å². The van der Waals surface area contributed by atoms with Crippen molar-refractivity contribution < 1.29 is 4.74 Å². The first-order valence-corrected chi connectivity index (χ1v) is 5.86. The molecule has 1 aromatic carbocycles. The molecule has 1 heterocycles. The summed E-state index contributed by atoms with van der Waals surface area (Å²) in [5, 5.41) is 0. The second-order valence-corrected chi connectivity index (χ2v) is 4.33. The fourth-order valence-electron chi connectivity index (χ4n) is 1.76. The number of nitrogens with two attached hydrogens (primary N) is 2. The zero-order valence-electron chi connectivity index (χ0n) is 10.6. The van der Waals surface area contributed by atoms with Crippen LogP contribution in [0, 0.1) is 0 Å². The highest BCUT2D eigenvalue weighted by Crippen LogP contribution is 2.33. The summed E-state index contributed by atoms with van der Waals surface area (Å²) in [5.74, 6) is 1.62. The van der Waals surface area contributed by atoms with Gasteiger partial charge in [0.2, 0.25) is 0 Å². The summed E-state index contributed by atoms with van der Waals surface area (Å²) in [7, 11) is 0. The van der Waals surface area contributed by atoms with Crippen molar-refractivity contribution in [1.82, 2.24) is 4.98 Å². The van der Waals surface area contributed by atoms with Crippen LogP contribution >= 0.6 is 0 Å². The molecular formula is C14H17N3O. The molecule has 0 spiro atoms. The average Bonchev–Trinajstić information content (AvgIpc) is 2.30. The number of ether oxygens (including phenoxy) is 1. The Bertz CT molecular complexity index is 552. The number of nitrogen functional groups attached to an aromatic ring is 2. The van der Waals surface area contributed by atoms with E-state index in [1.807, 2.05) is 44.2 Å². The number of pyridine rings is 1. The van der Waals surface area contributed by atoms with Crippen LogP contribution in [0.4, 0.5) is 11.6 Å². The third-order valence-electron chi connectivity index (χ3n) is 2.49. The van der Waals surface area contributed by atoms with Crippen molar-refractivity contribution in [2.75, 3.05) is 11.5 Å². The molecule has 0 radical (unpaired) electrons. The molecule has 94 valence electrons. The van der Waals surface area contributed by atoms with Gasteiger partial charge in [0.1, 0.15) is 17.4 Å². The molecule has 4 nitrogen and oxygen atoms in total. The van der Waals surface area contributed by atoms with Crippen LogP contribution in [0.1, 0.15) is 13.8 Å². The Morgan fingerprint density at radius 2 is 1.72 bits per heavy atom. The van der Waals surface area contributed by atoms with E-state index in [0.29, 0.717) is 11.6 Å². The molecule has 0 amide bonds. The molecule has 4 N–H and O–H groups in total. The molecule has 0 fully saturated rings. The van der Waals surface area contributed by atoms with Crippen molar-refractivity contribution in [3.05, 3.63) is 36.4 Å². The zero-order valence-corrected chi connectivity index (χ0v) is 10.6. The minimum absolute atomic E-state index is 0.106. The Morgan fingerprint density at radius 1 is 1.00 bits per heavy atom. The third-order valence-corrected chi connectivity index (χ3v) is 2.49. The predicted octanol–water partition coefficient (Wildman–Crippen LogP) is 2.70. The van der Waals surface area contributed by atoms with Gasteiger partial charge in [0.15, 0.2) is 0 Å². The summed E-state index contributed by atoms with van der Waals surface area (Å²) >= 11 is 0. The van der Waals surface area contributed by atoms with E-state index < -0.39 is 0 Å².